The van der Waals surface area contributed by atoms with Crippen LogP contribution in [-0.2, 0) is 17.6 Å². The molecule has 5 nitrogen and oxygen atoms in total. The van der Waals surface area contributed by atoms with Crippen LogP contribution in [0.5, 0.6) is 0 Å². The number of fused-ring (bicyclic) bond motifs is 1. The molecule has 1 unspecified atom stereocenters. The molecule has 0 radical (unpaired) electrons. The lowest BCUT2D eigenvalue weighted by atomic mass is 10.1. The molecule has 1 aliphatic heterocycles. The molecule has 3 N–H and O–H groups in total. The quantitative estimate of drug-likeness (QED) is 0.877. The van der Waals surface area contributed by atoms with E-state index >= 15 is 0 Å². The highest BCUT2D eigenvalue weighted by Crippen LogP contribution is 2.38. The van der Waals surface area contributed by atoms with Gasteiger partial charge in [0.05, 0.1) is 11.6 Å². The molecule has 0 aromatic carbocycles. The van der Waals surface area contributed by atoms with Crippen molar-refractivity contribution < 1.29 is 9.59 Å². The molecule has 1 aromatic rings. The minimum Gasteiger partial charge on any atom is -0.365 e. The summed E-state index contributed by atoms with van der Waals surface area (Å²) < 4.78 is 0. The lowest BCUT2D eigenvalue weighted by Gasteiger charge is -2.29. The molecule has 1 aliphatic carbocycles. The summed E-state index contributed by atoms with van der Waals surface area (Å²) in [7, 11) is 0. The van der Waals surface area contributed by atoms with Gasteiger partial charge in [-0.3, -0.25) is 14.5 Å². The Morgan fingerprint density at radius 3 is 2.42 bits per heavy atom. The lowest BCUT2D eigenvalue weighted by Crippen LogP contribution is -2.43. The van der Waals surface area contributed by atoms with Crippen molar-refractivity contribution in [1.29, 1.82) is 0 Å². The van der Waals surface area contributed by atoms with Gasteiger partial charge in [-0.1, -0.05) is 19.3 Å². The Morgan fingerprint density at radius 1 is 1.08 bits per heavy atom. The zero-order chi connectivity index (χ0) is 17.1. The number of hydrogen-bond donors (Lipinski definition) is 2. The van der Waals surface area contributed by atoms with Crippen LogP contribution in [0.1, 0.15) is 66.2 Å². The first-order valence-electron chi connectivity index (χ1n) is 9.07. The predicted molar refractivity (Wildman–Crippen MR) is 97.6 cm³/mol. The number of hydrogen-bond acceptors (Lipinski definition) is 4. The van der Waals surface area contributed by atoms with Crippen molar-refractivity contribution in [2.45, 2.75) is 64.3 Å². The number of nitrogens with zero attached hydrogens (tertiary/aromatic N) is 1. The van der Waals surface area contributed by atoms with Gasteiger partial charge >= 0.3 is 0 Å². The van der Waals surface area contributed by atoms with Gasteiger partial charge in [-0.05, 0) is 57.7 Å². The van der Waals surface area contributed by atoms with Gasteiger partial charge in [0.15, 0.2) is 0 Å². The van der Waals surface area contributed by atoms with Crippen LogP contribution in [0, 0.1) is 0 Å². The van der Waals surface area contributed by atoms with Crippen LogP contribution < -0.4 is 11.1 Å². The average Bonchev–Trinajstić information content (AvgIpc) is 3.06. The van der Waals surface area contributed by atoms with Gasteiger partial charge in [0.1, 0.15) is 5.00 Å². The number of carbonyl (C=O) groups excluding carboxylic acids is 2. The zero-order valence-corrected chi connectivity index (χ0v) is 15.2. The lowest BCUT2D eigenvalue weighted by molar-refractivity contribution is -0.120. The third-order valence-electron chi connectivity index (χ3n) is 5.22. The predicted octanol–water partition coefficient (Wildman–Crippen LogP) is 2.93. The van der Waals surface area contributed by atoms with E-state index in [4.69, 9.17) is 5.73 Å². The summed E-state index contributed by atoms with van der Waals surface area (Å²) in [5.74, 6) is -0.457. The Hall–Kier alpha value is -1.40. The highest BCUT2D eigenvalue weighted by Gasteiger charge is 2.28. The first kappa shape index (κ1) is 17.4. The van der Waals surface area contributed by atoms with Crippen molar-refractivity contribution in [3.8, 4) is 0 Å². The summed E-state index contributed by atoms with van der Waals surface area (Å²) in [4.78, 5) is 28.0. The van der Waals surface area contributed by atoms with E-state index in [1.807, 2.05) is 6.92 Å². The van der Waals surface area contributed by atoms with E-state index in [0.29, 0.717) is 10.6 Å². The highest BCUT2D eigenvalue weighted by atomic mass is 32.1. The van der Waals surface area contributed by atoms with Crippen molar-refractivity contribution in [2.24, 2.45) is 5.73 Å². The van der Waals surface area contributed by atoms with Gasteiger partial charge in [-0.15, -0.1) is 11.3 Å². The number of rotatable bonds is 4. The number of carbonyl (C=O) groups is 2. The normalized spacial score (nSPS) is 20.0. The number of nitrogens with one attached hydrogen (secondary N) is 1. The fraction of sp³-hybridized carbons (Fsp3) is 0.667. The number of amides is 2. The summed E-state index contributed by atoms with van der Waals surface area (Å²) in [6.07, 6.45) is 9.04. The summed E-state index contributed by atoms with van der Waals surface area (Å²) in [6.45, 7) is 3.90. The molecule has 2 amide bonds. The van der Waals surface area contributed by atoms with Gasteiger partial charge in [-0.2, -0.15) is 0 Å². The molecule has 0 bridgehead atoms. The molecule has 1 atom stereocenters. The zero-order valence-electron chi connectivity index (χ0n) is 14.4. The number of anilines is 1. The van der Waals surface area contributed by atoms with E-state index in [-0.39, 0.29) is 11.9 Å². The van der Waals surface area contributed by atoms with Crippen molar-refractivity contribution in [3.05, 3.63) is 16.0 Å². The van der Waals surface area contributed by atoms with Gasteiger partial charge in [0, 0.05) is 4.88 Å². The van der Waals surface area contributed by atoms with Crippen LogP contribution in [0.4, 0.5) is 5.00 Å². The number of thiophene rings is 1. The maximum Gasteiger partial charge on any atom is 0.251 e. The van der Waals surface area contributed by atoms with E-state index in [9.17, 15) is 9.59 Å². The molecule has 1 saturated heterocycles. The molecule has 6 heteroatoms. The van der Waals surface area contributed by atoms with Gasteiger partial charge in [-0.25, -0.2) is 0 Å². The molecule has 1 aromatic heterocycles. The van der Waals surface area contributed by atoms with Crippen molar-refractivity contribution in [2.75, 3.05) is 18.4 Å². The van der Waals surface area contributed by atoms with E-state index in [0.717, 1.165) is 50.8 Å². The van der Waals surface area contributed by atoms with Crippen LogP contribution in [0.3, 0.4) is 0 Å². The Kier molecular flexibility index (Phi) is 5.56. The Balaban J connectivity index is 1.71. The molecule has 132 valence electrons. The summed E-state index contributed by atoms with van der Waals surface area (Å²) in [5, 5.41) is 3.64. The fourth-order valence-corrected chi connectivity index (χ4v) is 5.09. The standard InChI is InChI=1S/C18H27N3O2S/c1-12(21-10-5-3-2-4-6-11-21)17(23)20-18-15(16(19)22)13-8-7-9-14(13)24-18/h12H,2-11H2,1H3,(H2,19,22)(H,20,23). The Labute approximate surface area is 147 Å². The van der Waals surface area contributed by atoms with Crippen LogP contribution in [0.25, 0.3) is 0 Å². The number of nitrogens with two attached hydrogens (primary N) is 1. The molecular formula is C18H27N3O2S. The second kappa shape index (κ2) is 7.66. The van der Waals surface area contributed by atoms with Gasteiger partial charge in [0.25, 0.3) is 5.91 Å². The van der Waals surface area contributed by atoms with Gasteiger partial charge in [0.2, 0.25) is 5.91 Å². The Bertz CT molecular complexity index is 618. The molecular weight excluding hydrogens is 322 g/mol. The molecule has 1 fully saturated rings. The molecule has 3 rings (SSSR count). The molecule has 24 heavy (non-hydrogen) atoms. The van der Waals surface area contributed by atoms with E-state index < -0.39 is 5.91 Å². The van der Waals surface area contributed by atoms with E-state index in [2.05, 4.69) is 10.2 Å². The van der Waals surface area contributed by atoms with E-state index in [1.54, 1.807) is 0 Å². The second-order valence-corrected chi connectivity index (χ2v) is 8.00. The number of primary amides is 1. The third kappa shape index (κ3) is 3.64. The number of aryl methyl sites for hydroxylation is 1. The molecule has 2 aliphatic rings. The first-order chi connectivity index (χ1) is 11.6. The molecule has 0 saturated carbocycles. The average molecular weight is 350 g/mol. The third-order valence-corrected chi connectivity index (χ3v) is 6.43. The summed E-state index contributed by atoms with van der Waals surface area (Å²) in [6, 6.07) is -0.180. The number of likely N-dealkylation sites (tertiary alicyclic amines) is 1. The van der Waals surface area contributed by atoms with Crippen LogP contribution >= 0.6 is 11.3 Å². The summed E-state index contributed by atoms with van der Waals surface area (Å²) in [5.41, 5.74) is 7.17. The SMILES string of the molecule is CC(C(=O)Nc1sc2c(c1C(N)=O)CCC2)N1CCCCCCC1. The maximum absolute atomic E-state index is 12.7. The molecule has 0 spiro atoms. The monoisotopic (exact) mass is 349 g/mol. The topological polar surface area (TPSA) is 75.4 Å². The van der Waals surface area contributed by atoms with Gasteiger partial charge < -0.3 is 11.1 Å². The minimum absolute atomic E-state index is 0.0296. The first-order valence-corrected chi connectivity index (χ1v) is 9.89. The van der Waals surface area contributed by atoms with Crippen molar-refractivity contribution >= 4 is 28.2 Å². The minimum atomic E-state index is -0.427. The second-order valence-electron chi connectivity index (χ2n) is 6.89. The van der Waals surface area contributed by atoms with Crippen molar-refractivity contribution in [1.82, 2.24) is 4.90 Å². The van der Waals surface area contributed by atoms with Crippen LogP contribution in [0.15, 0.2) is 0 Å². The molecule has 2 heterocycles. The van der Waals surface area contributed by atoms with Crippen LogP contribution in [-0.4, -0.2) is 35.8 Å². The maximum atomic E-state index is 12.7. The largest absolute Gasteiger partial charge is 0.365 e. The van der Waals surface area contributed by atoms with E-state index in [1.165, 1.54) is 35.5 Å². The van der Waals surface area contributed by atoms with Crippen molar-refractivity contribution in [3.63, 3.8) is 0 Å². The van der Waals surface area contributed by atoms with Crippen LogP contribution in [0.2, 0.25) is 0 Å². The smallest absolute Gasteiger partial charge is 0.251 e. The highest BCUT2D eigenvalue weighted by molar-refractivity contribution is 7.17. The fourth-order valence-electron chi connectivity index (χ4n) is 3.79. The summed E-state index contributed by atoms with van der Waals surface area (Å²) >= 11 is 1.53. The Morgan fingerprint density at radius 2 is 1.75 bits per heavy atom.